The first-order valence-electron chi connectivity index (χ1n) is 5.24. The second-order valence-electron chi connectivity index (χ2n) is 3.02. The zero-order valence-electron chi connectivity index (χ0n) is 9.89. The van der Waals surface area contributed by atoms with Crippen LogP contribution in [0.15, 0.2) is 16.8 Å². The van der Waals surface area contributed by atoms with Crippen LogP contribution in [-0.4, -0.2) is 32.9 Å². The molecular weight excluding hydrogens is 228 g/mol. The summed E-state index contributed by atoms with van der Waals surface area (Å²) in [6, 6.07) is 1.86. The van der Waals surface area contributed by atoms with Gasteiger partial charge in [-0.3, -0.25) is 0 Å². The average molecular weight is 246 g/mol. The third-order valence-electron chi connectivity index (χ3n) is 1.93. The van der Waals surface area contributed by atoms with Gasteiger partial charge in [0.25, 0.3) is 0 Å². The predicted octanol–water partition coefficient (Wildman–Crippen LogP) is 2.50. The monoisotopic (exact) mass is 246 g/mol. The van der Waals surface area contributed by atoms with Gasteiger partial charge in [0.2, 0.25) is 0 Å². The van der Waals surface area contributed by atoms with Crippen molar-refractivity contribution in [2.45, 2.75) is 19.8 Å². The zero-order chi connectivity index (χ0) is 11.9. The van der Waals surface area contributed by atoms with Crippen LogP contribution in [-0.2, 0) is 14.2 Å². The standard InChI is InChI=1S/C11H18O4S/c1-4-13-9-11(12-3,14-5-2)15-10-6-7-16-8-10/h6-8H,4-5,9H2,1-3H3. The highest BCUT2D eigenvalue weighted by atomic mass is 32.1. The van der Waals surface area contributed by atoms with Gasteiger partial charge in [0.15, 0.2) is 0 Å². The van der Waals surface area contributed by atoms with E-state index in [1.54, 1.807) is 18.4 Å². The Labute approximate surface area is 100 Å². The Morgan fingerprint density at radius 3 is 2.62 bits per heavy atom. The van der Waals surface area contributed by atoms with Gasteiger partial charge in [0.05, 0.1) is 6.61 Å². The Hall–Kier alpha value is -0.620. The van der Waals surface area contributed by atoms with E-state index in [-0.39, 0.29) is 6.61 Å². The molecule has 1 heterocycles. The maximum atomic E-state index is 5.67. The first-order chi connectivity index (χ1) is 7.76. The van der Waals surface area contributed by atoms with Crippen LogP contribution in [0.4, 0.5) is 0 Å². The summed E-state index contributed by atoms with van der Waals surface area (Å²) in [7, 11) is 1.54. The quantitative estimate of drug-likeness (QED) is 0.660. The van der Waals surface area contributed by atoms with E-state index in [2.05, 4.69) is 0 Å². The van der Waals surface area contributed by atoms with Crippen LogP contribution in [0.5, 0.6) is 5.75 Å². The van der Waals surface area contributed by atoms with Gasteiger partial charge in [-0.25, -0.2) is 0 Å². The molecule has 92 valence electrons. The van der Waals surface area contributed by atoms with E-state index < -0.39 is 5.97 Å². The lowest BCUT2D eigenvalue weighted by atomic mass is 10.5. The Bertz CT molecular complexity index is 276. The fourth-order valence-electron chi connectivity index (χ4n) is 1.20. The summed E-state index contributed by atoms with van der Waals surface area (Å²) in [4.78, 5) is 0. The summed E-state index contributed by atoms with van der Waals surface area (Å²) in [5, 5.41) is 3.82. The molecule has 0 spiro atoms. The molecule has 0 saturated carbocycles. The number of rotatable bonds is 8. The van der Waals surface area contributed by atoms with E-state index in [1.165, 1.54) is 0 Å². The summed E-state index contributed by atoms with van der Waals surface area (Å²) in [5.41, 5.74) is 0. The van der Waals surface area contributed by atoms with Crippen LogP contribution in [0.3, 0.4) is 0 Å². The summed E-state index contributed by atoms with van der Waals surface area (Å²) >= 11 is 1.56. The molecule has 16 heavy (non-hydrogen) atoms. The minimum Gasteiger partial charge on any atom is -0.436 e. The van der Waals surface area contributed by atoms with Crippen LogP contribution >= 0.6 is 11.3 Å². The normalized spacial score (nSPS) is 14.7. The van der Waals surface area contributed by atoms with Crippen molar-refractivity contribution in [1.29, 1.82) is 0 Å². The molecule has 0 fully saturated rings. The minimum atomic E-state index is -1.15. The first kappa shape index (κ1) is 13.4. The molecule has 0 bridgehead atoms. The summed E-state index contributed by atoms with van der Waals surface area (Å²) in [6.07, 6.45) is 0. The van der Waals surface area contributed by atoms with Crippen LogP contribution < -0.4 is 4.74 Å². The van der Waals surface area contributed by atoms with Crippen molar-refractivity contribution >= 4 is 11.3 Å². The molecule has 1 atom stereocenters. The molecule has 5 heteroatoms. The van der Waals surface area contributed by atoms with E-state index in [0.29, 0.717) is 13.2 Å². The highest BCUT2D eigenvalue weighted by Gasteiger charge is 2.34. The van der Waals surface area contributed by atoms with Crippen molar-refractivity contribution < 1.29 is 18.9 Å². The van der Waals surface area contributed by atoms with Crippen molar-refractivity contribution in [2.75, 3.05) is 26.9 Å². The van der Waals surface area contributed by atoms with Crippen LogP contribution in [0, 0.1) is 0 Å². The SMILES string of the molecule is CCOCC(OC)(OCC)Oc1ccsc1. The van der Waals surface area contributed by atoms with Crippen molar-refractivity contribution in [3.8, 4) is 5.75 Å². The summed E-state index contributed by atoms with van der Waals surface area (Å²) in [6.45, 7) is 5.12. The third-order valence-corrected chi connectivity index (χ3v) is 2.59. The van der Waals surface area contributed by atoms with Gasteiger partial charge < -0.3 is 18.9 Å². The fraction of sp³-hybridized carbons (Fsp3) is 0.636. The largest absolute Gasteiger partial charge is 0.436 e. The fourth-order valence-corrected chi connectivity index (χ4v) is 1.75. The van der Waals surface area contributed by atoms with Crippen LogP contribution in [0.1, 0.15) is 13.8 Å². The minimum absolute atomic E-state index is 0.240. The van der Waals surface area contributed by atoms with Gasteiger partial charge in [-0.15, -0.1) is 11.3 Å². The van der Waals surface area contributed by atoms with Gasteiger partial charge in [0, 0.05) is 19.1 Å². The highest BCUT2D eigenvalue weighted by Crippen LogP contribution is 2.23. The smallest absolute Gasteiger partial charge is 0.351 e. The molecule has 0 aromatic carbocycles. The van der Waals surface area contributed by atoms with Gasteiger partial charge in [-0.1, -0.05) is 0 Å². The molecule has 1 aromatic heterocycles. The molecule has 1 aromatic rings. The third kappa shape index (κ3) is 3.75. The zero-order valence-corrected chi connectivity index (χ0v) is 10.7. The molecule has 1 rings (SSSR count). The lowest BCUT2D eigenvalue weighted by Crippen LogP contribution is -2.46. The maximum absolute atomic E-state index is 5.67. The topological polar surface area (TPSA) is 36.9 Å². The van der Waals surface area contributed by atoms with Gasteiger partial charge in [0.1, 0.15) is 12.4 Å². The average Bonchev–Trinajstić information content (AvgIpc) is 2.79. The second-order valence-corrected chi connectivity index (χ2v) is 3.80. The number of hydrogen-bond donors (Lipinski definition) is 0. The van der Waals surface area contributed by atoms with E-state index >= 15 is 0 Å². The van der Waals surface area contributed by atoms with Crippen molar-refractivity contribution in [3.05, 3.63) is 16.8 Å². The molecule has 0 saturated heterocycles. The number of methoxy groups -OCH3 is 1. The van der Waals surface area contributed by atoms with Crippen LogP contribution in [0.25, 0.3) is 0 Å². The van der Waals surface area contributed by atoms with Crippen molar-refractivity contribution in [3.63, 3.8) is 0 Å². The second kappa shape index (κ2) is 6.85. The van der Waals surface area contributed by atoms with E-state index in [9.17, 15) is 0 Å². The number of thiophene rings is 1. The molecule has 0 aliphatic carbocycles. The van der Waals surface area contributed by atoms with E-state index in [4.69, 9.17) is 18.9 Å². The summed E-state index contributed by atoms with van der Waals surface area (Å²) in [5.74, 6) is -0.425. The lowest BCUT2D eigenvalue weighted by Gasteiger charge is -2.30. The molecule has 0 aliphatic heterocycles. The summed E-state index contributed by atoms with van der Waals surface area (Å²) < 4.78 is 21.8. The Kier molecular flexibility index (Phi) is 5.76. The molecule has 0 amide bonds. The highest BCUT2D eigenvalue weighted by molar-refractivity contribution is 7.08. The first-order valence-corrected chi connectivity index (χ1v) is 6.18. The lowest BCUT2D eigenvalue weighted by molar-refractivity contribution is -0.348. The molecule has 0 N–H and O–H groups in total. The Morgan fingerprint density at radius 1 is 1.31 bits per heavy atom. The Morgan fingerprint density at radius 2 is 2.12 bits per heavy atom. The van der Waals surface area contributed by atoms with E-state index in [1.807, 2.05) is 30.7 Å². The van der Waals surface area contributed by atoms with Gasteiger partial charge in [-0.05, 0) is 25.3 Å². The maximum Gasteiger partial charge on any atom is 0.351 e. The van der Waals surface area contributed by atoms with Crippen molar-refractivity contribution in [1.82, 2.24) is 0 Å². The Balaban J connectivity index is 2.67. The molecule has 0 aliphatic rings. The molecule has 1 unspecified atom stereocenters. The molecule has 0 radical (unpaired) electrons. The number of hydrogen-bond acceptors (Lipinski definition) is 5. The van der Waals surface area contributed by atoms with Gasteiger partial charge in [-0.2, -0.15) is 0 Å². The van der Waals surface area contributed by atoms with E-state index in [0.717, 1.165) is 5.75 Å². The molecular formula is C11H18O4S. The van der Waals surface area contributed by atoms with Crippen molar-refractivity contribution in [2.24, 2.45) is 0 Å². The number of ether oxygens (including phenoxy) is 4. The van der Waals surface area contributed by atoms with Gasteiger partial charge >= 0.3 is 5.97 Å². The molecule has 4 nitrogen and oxygen atoms in total. The predicted molar refractivity (Wildman–Crippen MR) is 62.8 cm³/mol. The van der Waals surface area contributed by atoms with Crippen LogP contribution in [0.2, 0.25) is 0 Å².